The van der Waals surface area contributed by atoms with Crippen LogP contribution in [-0.2, 0) is 16.1 Å². The van der Waals surface area contributed by atoms with Gasteiger partial charge in [-0.15, -0.1) is 0 Å². The van der Waals surface area contributed by atoms with Crippen LogP contribution in [0.3, 0.4) is 0 Å². The standard InChI is InChI=1S/C17H26N4O3/c1-3-5-14(2)21-13-17(24-16(21)23)6-10-19(11-7-17)15(22)12-20-9-4-8-18-20/h4,8-9,14H,3,5-7,10-13H2,1-2H3. The number of hydrogen-bond donors (Lipinski definition) is 0. The molecule has 7 nitrogen and oxygen atoms in total. The van der Waals surface area contributed by atoms with Gasteiger partial charge in [0.05, 0.1) is 6.54 Å². The second-order valence-electron chi connectivity index (χ2n) is 6.90. The summed E-state index contributed by atoms with van der Waals surface area (Å²) in [5.41, 5.74) is -0.415. The lowest BCUT2D eigenvalue weighted by molar-refractivity contribution is -0.135. The third-order valence-corrected chi connectivity index (χ3v) is 5.12. The highest BCUT2D eigenvalue weighted by Crippen LogP contribution is 2.34. The first-order chi connectivity index (χ1) is 11.5. The van der Waals surface area contributed by atoms with Crippen molar-refractivity contribution in [3.05, 3.63) is 18.5 Å². The molecule has 2 aliphatic rings. The van der Waals surface area contributed by atoms with Crippen molar-refractivity contribution in [1.29, 1.82) is 0 Å². The van der Waals surface area contributed by atoms with E-state index in [-0.39, 0.29) is 24.6 Å². The van der Waals surface area contributed by atoms with Gasteiger partial charge in [0.2, 0.25) is 5.91 Å². The zero-order valence-electron chi connectivity index (χ0n) is 14.5. The van der Waals surface area contributed by atoms with E-state index in [0.717, 1.165) is 12.8 Å². The smallest absolute Gasteiger partial charge is 0.410 e. The molecule has 2 fully saturated rings. The van der Waals surface area contributed by atoms with Crippen LogP contribution >= 0.6 is 0 Å². The number of ether oxygens (including phenoxy) is 1. The molecule has 1 spiro atoms. The second-order valence-corrected chi connectivity index (χ2v) is 6.90. The van der Waals surface area contributed by atoms with Gasteiger partial charge in [-0.1, -0.05) is 13.3 Å². The predicted molar refractivity (Wildman–Crippen MR) is 88.3 cm³/mol. The van der Waals surface area contributed by atoms with Crippen molar-refractivity contribution in [2.24, 2.45) is 0 Å². The zero-order valence-corrected chi connectivity index (χ0v) is 14.5. The van der Waals surface area contributed by atoms with Crippen LogP contribution in [0.5, 0.6) is 0 Å². The summed E-state index contributed by atoms with van der Waals surface area (Å²) < 4.78 is 7.37. The maximum absolute atomic E-state index is 12.3. The number of likely N-dealkylation sites (tertiary alicyclic amines) is 1. The van der Waals surface area contributed by atoms with Crippen LogP contribution in [0, 0.1) is 0 Å². The Balaban J connectivity index is 1.55. The van der Waals surface area contributed by atoms with E-state index in [4.69, 9.17) is 4.74 Å². The molecule has 2 amide bonds. The van der Waals surface area contributed by atoms with Gasteiger partial charge in [-0.25, -0.2) is 4.79 Å². The van der Waals surface area contributed by atoms with Crippen molar-refractivity contribution >= 4 is 12.0 Å². The highest BCUT2D eigenvalue weighted by atomic mass is 16.6. The van der Waals surface area contributed by atoms with Gasteiger partial charge in [0.15, 0.2) is 0 Å². The summed E-state index contributed by atoms with van der Waals surface area (Å²) in [6.45, 7) is 6.37. The van der Waals surface area contributed by atoms with E-state index in [1.807, 2.05) is 15.9 Å². The summed E-state index contributed by atoms with van der Waals surface area (Å²) in [4.78, 5) is 28.2. The first-order valence-electron chi connectivity index (χ1n) is 8.78. The Labute approximate surface area is 142 Å². The number of nitrogens with zero attached hydrogens (tertiary/aromatic N) is 4. The van der Waals surface area contributed by atoms with Gasteiger partial charge in [-0.3, -0.25) is 9.48 Å². The summed E-state index contributed by atoms with van der Waals surface area (Å²) >= 11 is 0. The largest absolute Gasteiger partial charge is 0.441 e. The number of aromatic nitrogens is 2. The van der Waals surface area contributed by atoms with E-state index in [0.29, 0.717) is 32.5 Å². The molecule has 24 heavy (non-hydrogen) atoms. The van der Waals surface area contributed by atoms with Crippen molar-refractivity contribution in [1.82, 2.24) is 19.6 Å². The van der Waals surface area contributed by atoms with Crippen LogP contribution in [-0.4, -0.2) is 62.9 Å². The Kier molecular flexibility index (Phi) is 4.78. The maximum Gasteiger partial charge on any atom is 0.410 e. The molecule has 3 heterocycles. The van der Waals surface area contributed by atoms with E-state index < -0.39 is 5.60 Å². The third kappa shape index (κ3) is 3.39. The van der Waals surface area contributed by atoms with Crippen molar-refractivity contribution < 1.29 is 14.3 Å². The minimum absolute atomic E-state index is 0.0640. The fraction of sp³-hybridized carbons (Fsp3) is 0.706. The Morgan fingerprint density at radius 1 is 1.42 bits per heavy atom. The summed E-state index contributed by atoms with van der Waals surface area (Å²) in [6, 6.07) is 2.02. The predicted octanol–water partition coefficient (Wildman–Crippen LogP) is 1.89. The van der Waals surface area contributed by atoms with E-state index in [2.05, 4.69) is 18.9 Å². The Hall–Kier alpha value is -2.05. The van der Waals surface area contributed by atoms with Crippen LogP contribution in [0.15, 0.2) is 18.5 Å². The summed E-state index contributed by atoms with van der Waals surface area (Å²) in [7, 11) is 0. The quantitative estimate of drug-likeness (QED) is 0.824. The molecule has 2 aliphatic heterocycles. The van der Waals surface area contributed by atoms with Crippen molar-refractivity contribution in [2.75, 3.05) is 19.6 Å². The molecular weight excluding hydrogens is 308 g/mol. The number of amides is 2. The van der Waals surface area contributed by atoms with Crippen LogP contribution < -0.4 is 0 Å². The van der Waals surface area contributed by atoms with E-state index in [9.17, 15) is 9.59 Å². The number of hydrogen-bond acceptors (Lipinski definition) is 4. The molecule has 1 unspecified atom stereocenters. The van der Waals surface area contributed by atoms with Gasteiger partial charge >= 0.3 is 6.09 Å². The summed E-state index contributed by atoms with van der Waals surface area (Å²) in [5.74, 6) is 0.0640. The Morgan fingerprint density at radius 3 is 2.79 bits per heavy atom. The van der Waals surface area contributed by atoms with Gasteiger partial charge in [-0.05, 0) is 19.4 Å². The van der Waals surface area contributed by atoms with E-state index >= 15 is 0 Å². The molecule has 0 N–H and O–H groups in total. The van der Waals surface area contributed by atoms with E-state index in [1.165, 1.54) is 0 Å². The normalized spacial score (nSPS) is 21.2. The fourth-order valence-electron chi connectivity index (χ4n) is 3.62. The van der Waals surface area contributed by atoms with Crippen LogP contribution in [0.25, 0.3) is 0 Å². The molecule has 0 radical (unpaired) electrons. The van der Waals surface area contributed by atoms with Crippen molar-refractivity contribution in [3.8, 4) is 0 Å². The average Bonchev–Trinajstić information content (AvgIpc) is 3.16. The van der Waals surface area contributed by atoms with Crippen molar-refractivity contribution in [3.63, 3.8) is 0 Å². The molecular formula is C17H26N4O3. The maximum atomic E-state index is 12.3. The molecule has 1 atom stereocenters. The molecule has 3 rings (SSSR count). The molecule has 2 saturated heterocycles. The van der Waals surface area contributed by atoms with Gasteiger partial charge in [0.1, 0.15) is 12.1 Å². The van der Waals surface area contributed by atoms with Gasteiger partial charge in [-0.2, -0.15) is 5.10 Å². The number of piperidine rings is 1. The minimum atomic E-state index is -0.415. The SMILES string of the molecule is CCCC(C)N1CC2(CCN(C(=O)Cn3cccn3)CC2)OC1=O. The first kappa shape index (κ1) is 16.8. The zero-order chi connectivity index (χ0) is 17.2. The topological polar surface area (TPSA) is 67.7 Å². The third-order valence-electron chi connectivity index (χ3n) is 5.12. The highest BCUT2D eigenvalue weighted by Gasteiger charge is 2.48. The lowest BCUT2D eigenvalue weighted by Crippen LogP contribution is -2.49. The van der Waals surface area contributed by atoms with Crippen LogP contribution in [0.4, 0.5) is 4.79 Å². The summed E-state index contributed by atoms with van der Waals surface area (Å²) in [6.07, 6.45) is 6.70. The lowest BCUT2D eigenvalue weighted by Gasteiger charge is -2.37. The molecule has 1 aromatic rings. The van der Waals surface area contributed by atoms with Crippen LogP contribution in [0.2, 0.25) is 0 Å². The first-order valence-corrected chi connectivity index (χ1v) is 8.78. The lowest BCUT2D eigenvalue weighted by atomic mass is 9.91. The Bertz CT molecular complexity index is 579. The fourth-order valence-corrected chi connectivity index (χ4v) is 3.62. The average molecular weight is 334 g/mol. The Morgan fingerprint density at radius 2 is 2.17 bits per heavy atom. The van der Waals surface area contributed by atoms with Crippen molar-refractivity contribution in [2.45, 2.75) is 57.7 Å². The monoisotopic (exact) mass is 334 g/mol. The minimum Gasteiger partial charge on any atom is -0.441 e. The molecule has 7 heteroatoms. The highest BCUT2D eigenvalue weighted by molar-refractivity contribution is 5.76. The van der Waals surface area contributed by atoms with Gasteiger partial charge < -0.3 is 14.5 Å². The number of rotatable bonds is 5. The molecule has 0 saturated carbocycles. The van der Waals surface area contributed by atoms with Crippen LogP contribution in [0.1, 0.15) is 39.5 Å². The van der Waals surface area contributed by atoms with Gasteiger partial charge in [0, 0.05) is 44.4 Å². The number of carbonyl (C=O) groups excluding carboxylic acids is 2. The molecule has 0 bridgehead atoms. The summed E-state index contributed by atoms with van der Waals surface area (Å²) in [5, 5.41) is 4.07. The van der Waals surface area contributed by atoms with Gasteiger partial charge in [0.25, 0.3) is 0 Å². The van der Waals surface area contributed by atoms with E-state index in [1.54, 1.807) is 17.1 Å². The molecule has 1 aromatic heterocycles. The molecule has 0 aliphatic carbocycles. The molecule has 132 valence electrons. The number of carbonyl (C=O) groups is 2. The second kappa shape index (κ2) is 6.83. The molecule has 0 aromatic carbocycles.